The Balaban J connectivity index is 2.03. The third-order valence-electron chi connectivity index (χ3n) is 3.40. The lowest BCUT2D eigenvalue weighted by atomic mass is 9.99. The van der Waals surface area contributed by atoms with Gasteiger partial charge in [0.1, 0.15) is 6.07 Å². The maximum absolute atomic E-state index is 12.1. The molecule has 1 aliphatic rings. The number of benzene rings is 1. The minimum Gasteiger partial charge on any atom is -0.481 e. The van der Waals surface area contributed by atoms with E-state index in [9.17, 15) is 9.59 Å². The summed E-state index contributed by atoms with van der Waals surface area (Å²) in [6.07, 6.45) is 1.28. The lowest BCUT2D eigenvalue weighted by Gasteiger charge is -2.30. The topological polar surface area (TPSA) is 93.4 Å². The molecular formula is C14H14BrN3O3. The highest BCUT2D eigenvalue weighted by molar-refractivity contribution is 9.10. The van der Waals surface area contributed by atoms with Gasteiger partial charge in [0.25, 0.3) is 0 Å². The Labute approximate surface area is 130 Å². The largest absolute Gasteiger partial charge is 0.481 e. The maximum atomic E-state index is 12.1. The summed E-state index contributed by atoms with van der Waals surface area (Å²) in [6, 6.07) is 6.59. The first kappa shape index (κ1) is 15.3. The van der Waals surface area contributed by atoms with Crippen molar-refractivity contribution in [3.63, 3.8) is 0 Å². The number of carbonyl (C=O) groups excluding carboxylic acids is 1. The number of piperidine rings is 1. The molecule has 7 heteroatoms. The van der Waals surface area contributed by atoms with Crippen LogP contribution in [0.1, 0.15) is 18.4 Å². The van der Waals surface area contributed by atoms with Crippen molar-refractivity contribution >= 4 is 33.6 Å². The number of rotatable bonds is 2. The second-order valence-electron chi connectivity index (χ2n) is 4.86. The second kappa shape index (κ2) is 6.59. The van der Waals surface area contributed by atoms with Crippen molar-refractivity contribution in [3.05, 3.63) is 28.2 Å². The number of likely N-dealkylation sites (tertiary alicyclic amines) is 1. The summed E-state index contributed by atoms with van der Waals surface area (Å²) in [7, 11) is 0. The van der Waals surface area contributed by atoms with Crippen molar-refractivity contribution < 1.29 is 14.7 Å². The zero-order valence-corrected chi connectivity index (χ0v) is 12.8. The molecule has 0 aromatic heterocycles. The number of aliphatic carboxylic acids is 1. The lowest BCUT2D eigenvalue weighted by Crippen LogP contribution is -2.44. The van der Waals surface area contributed by atoms with Gasteiger partial charge < -0.3 is 15.3 Å². The summed E-state index contributed by atoms with van der Waals surface area (Å²) in [4.78, 5) is 24.7. The Kier molecular flexibility index (Phi) is 4.81. The molecule has 0 radical (unpaired) electrons. The van der Waals surface area contributed by atoms with Crippen LogP contribution in [0.25, 0.3) is 0 Å². The molecule has 1 atom stereocenters. The van der Waals surface area contributed by atoms with Gasteiger partial charge in [-0.2, -0.15) is 5.26 Å². The van der Waals surface area contributed by atoms with Gasteiger partial charge in [0.05, 0.1) is 11.5 Å². The van der Waals surface area contributed by atoms with Crippen LogP contribution >= 0.6 is 15.9 Å². The number of hydrogen-bond acceptors (Lipinski definition) is 3. The number of anilines is 1. The molecule has 1 unspecified atom stereocenters. The van der Waals surface area contributed by atoms with Gasteiger partial charge in [-0.3, -0.25) is 4.79 Å². The summed E-state index contributed by atoms with van der Waals surface area (Å²) >= 11 is 3.26. The van der Waals surface area contributed by atoms with Crippen molar-refractivity contribution in [2.45, 2.75) is 12.8 Å². The van der Waals surface area contributed by atoms with Crippen LogP contribution in [0, 0.1) is 17.2 Å². The van der Waals surface area contributed by atoms with E-state index in [1.165, 1.54) is 4.90 Å². The van der Waals surface area contributed by atoms with Gasteiger partial charge in [0.15, 0.2) is 0 Å². The van der Waals surface area contributed by atoms with Gasteiger partial charge in [0.2, 0.25) is 0 Å². The van der Waals surface area contributed by atoms with E-state index in [-0.39, 0.29) is 12.6 Å². The van der Waals surface area contributed by atoms with E-state index in [1.54, 1.807) is 18.2 Å². The third-order valence-corrected chi connectivity index (χ3v) is 4.05. The molecule has 1 aliphatic heterocycles. The fourth-order valence-corrected chi connectivity index (χ4v) is 2.72. The number of carbonyl (C=O) groups is 2. The third kappa shape index (κ3) is 3.73. The van der Waals surface area contributed by atoms with Gasteiger partial charge in [-0.25, -0.2) is 4.79 Å². The van der Waals surface area contributed by atoms with E-state index in [2.05, 4.69) is 21.2 Å². The molecule has 0 aliphatic carbocycles. The number of urea groups is 1. The van der Waals surface area contributed by atoms with Crippen LogP contribution in [-0.2, 0) is 4.79 Å². The molecule has 1 heterocycles. The first-order valence-corrected chi connectivity index (χ1v) is 7.29. The maximum Gasteiger partial charge on any atom is 0.321 e. The SMILES string of the molecule is N#Cc1ccc(NC(=O)N2CCCC(C(=O)O)C2)cc1Br. The molecule has 0 bridgehead atoms. The summed E-state index contributed by atoms with van der Waals surface area (Å²) in [5, 5.41) is 20.6. The van der Waals surface area contributed by atoms with Crippen molar-refractivity contribution in [2.75, 3.05) is 18.4 Å². The zero-order chi connectivity index (χ0) is 15.4. The summed E-state index contributed by atoms with van der Waals surface area (Å²) in [5.74, 6) is -1.37. The normalized spacial score (nSPS) is 17.9. The van der Waals surface area contributed by atoms with Crippen molar-refractivity contribution in [2.24, 2.45) is 5.92 Å². The lowest BCUT2D eigenvalue weighted by molar-refractivity contribution is -0.143. The number of halogens is 1. The highest BCUT2D eigenvalue weighted by Crippen LogP contribution is 2.22. The number of nitrogens with one attached hydrogen (secondary N) is 1. The number of nitriles is 1. The molecule has 1 aromatic carbocycles. The summed E-state index contributed by atoms with van der Waals surface area (Å²) in [5.41, 5.74) is 1.04. The van der Waals surface area contributed by atoms with Crippen LogP contribution in [0.5, 0.6) is 0 Å². The number of hydrogen-bond donors (Lipinski definition) is 2. The van der Waals surface area contributed by atoms with Gasteiger partial charge in [0, 0.05) is 23.2 Å². The summed E-state index contributed by atoms with van der Waals surface area (Å²) in [6.45, 7) is 0.770. The molecule has 0 saturated carbocycles. The van der Waals surface area contributed by atoms with E-state index in [1.807, 2.05) is 6.07 Å². The quantitative estimate of drug-likeness (QED) is 0.856. The van der Waals surface area contributed by atoms with Crippen LogP contribution in [0.2, 0.25) is 0 Å². The molecule has 21 heavy (non-hydrogen) atoms. The van der Waals surface area contributed by atoms with Crippen LogP contribution in [-0.4, -0.2) is 35.1 Å². The predicted molar refractivity (Wildman–Crippen MR) is 79.8 cm³/mol. The predicted octanol–water partition coefficient (Wildman–Crippen LogP) is 2.65. The molecule has 2 rings (SSSR count). The van der Waals surface area contributed by atoms with Crippen molar-refractivity contribution in [3.8, 4) is 6.07 Å². The minimum atomic E-state index is -0.867. The van der Waals surface area contributed by atoms with Crippen molar-refractivity contribution in [1.29, 1.82) is 5.26 Å². The molecule has 110 valence electrons. The molecule has 0 spiro atoms. The van der Waals surface area contributed by atoms with Crippen LogP contribution in [0.4, 0.5) is 10.5 Å². The monoisotopic (exact) mass is 351 g/mol. The Hall–Kier alpha value is -2.07. The van der Waals surface area contributed by atoms with Crippen LogP contribution in [0.3, 0.4) is 0 Å². The molecule has 2 amide bonds. The smallest absolute Gasteiger partial charge is 0.321 e. The average Bonchev–Trinajstić information content (AvgIpc) is 2.47. The Bertz CT molecular complexity index is 612. The Morgan fingerprint density at radius 2 is 2.24 bits per heavy atom. The number of amides is 2. The molecule has 1 fully saturated rings. The number of nitrogens with zero attached hydrogens (tertiary/aromatic N) is 2. The molecule has 6 nitrogen and oxygen atoms in total. The fraction of sp³-hybridized carbons (Fsp3) is 0.357. The van der Waals surface area contributed by atoms with E-state index < -0.39 is 11.9 Å². The van der Waals surface area contributed by atoms with E-state index >= 15 is 0 Å². The summed E-state index contributed by atoms with van der Waals surface area (Å²) < 4.78 is 0.602. The van der Waals surface area contributed by atoms with Gasteiger partial charge in [-0.05, 0) is 47.0 Å². The molecule has 2 N–H and O–H groups in total. The van der Waals surface area contributed by atoms with Crippen LogP contribution in [0.15, 0.2) is 22.7 Å². The fourth-order valence-electron chi connectivity index (χ4n) is 2.25. The highest BCUT2D eigenvalue weighted by Gasteiger charge is 2.28. The number of carboxylic acid groups (broad SMARTS) is 1. The van der Waals surface area contributed by atoms with Gasteiger partial charge in [-0.1, -0.05) is 0 Å². The van der Waals surface area contributed by atoms with Crippen molar-refractivity contribution in [1.82, 2.24) is 4.90 Å². The Morgan fingerprint density at radius 3 is 2.86 bits per heavy atom. The molecule has 1 aromatic rings. The van der Waals surface area contributed by atoms with Gasteiger partial charge in [-0.15, -0.1) is 0 Å². The second-order valence-corrected chi connectivity index (χ2v) is 5.71. The van der Waals surface area contributed by atoms with E-state index in [0.29, 0.717) is 35.1 Å². The zero-order valence-electron chi connectivity index (χ0n) is 11.2. The van der Waals surface area contributed by atoms with E-state index in [0.717, 1.165) is 0 Å². The highest BCUT2D eigenvalue weighted by atomic mass is 79.9. The number of carboxylic acids is 1. The van der Waals surface area contributed by atoms with E-state index in [4.69, 9.17) is 10.4 Å². The first-order valence-electron chi connectivity index (χ1n) is 6.49. The minimum absolute atomic E-state index is 0.221. The standard InChI is InChI=1S/C14H14BrN3O3/c15-12-6-11(4-3-9(12)7-16)17-14(21)18-5-1-2-10(8-18)13(19)20/h3-4,6,10H,1-2,5,8H2,(H,17,21)(H,19,20). The molecular weight excluding hydrogens is 338 g/mol. The Morgan fingerprint density at radius 1 is 1.48 bits per heavy atom. The van der Waals surface area contributed by atoms with Gasteiger partial charge >= 0.3 is 12.0 Å². The first-order chi connectivity index (χ1) is 10.0. The average molecular weight is 352 g/mol. The van der Waals surface area contributed by atoms with Crippen LogP contribution < -0.4 is 5.32 Å². The molecule has 1 saturated heterocycles.